The van der Waals surface area contributed by atoms with E-state index < -0.39 is 0 Å². The molecule has 1 aliphatic rings. The maximum absolute atomic E-state index is 12.5. The van der Waals surface area contributed by atoms with Crippen LogP contribution in [-0.4, -0.2) is 11.6 Å². The molecule has 1 atom stereocenters. The van der Waals surface area contributed by atoms with E-state index in [1.54, 1.807) is 0 Å². The van der Waals surface area contributed by atoms with Gasteiger partial charge in [-0.3, -0.25) is 0 Å². The highest BCUT2D eigenvalue weighted by molar-refractivity contribution is 9.10. The van der Waals surface area contributed by atoms with Crippen molar-refractivity contribution in [1.29, 1.82) is 0 Å². The van der Waals surface area contributed by atoms with Gasteiger partial charge in [0, 0.05) is 22.1 Å². The summed E-state index contributed by atoms with van der Waals surface area (Å²) in [5.41, 5.74) is 2.50. The molecule has 1 heterocycles. The Bertz CT molecular complexity index is 774. The largest absolute Gasteiger partial charge is 0.487 e. The molecule has 0 aromatic heterocycles. The van der Waals surface area contributed by atoms with E-state index in [2.05, 4.69) is 26.6 Å². The van der Waals surface area contributed by atoms with Gasteiger partial charge in [-0.05, 0) is 50.6 Å². The number of benzene rings is 2. The molecule has 1 aliphatic heterocycles. The molecule has 4 nitrogen and oxygen atoms in total. The summed E-state index contributed by atoms with van der Waals surface area (Å²) in [6, 6.07) is 13.3. The number of nitrogens with one attached hydrogen (secondary N) is 2. The molecule has 24 heavy (non-hydrogen) atoms. The number of halogens is 1. The lowest BCUT2D eigenvalue weighted by Crippen LogP contribution is -2.42. The maximum Gasteiger partial charge on any atom is 0.319 e. The van der Waals surface area contributed by atoms with Gasteiger partial charge < -0.3 is 15.4 Å². The van der Waals surface area contributed by atoms with E-state index in [4.69, 9.17) is 4.74 Å². The van der Waals surface area contributed by atoms with Crippen molar-refractivity contribution in [3.8, 4) is 5.75 Å². The predicted molar refractivity (Wildman–Crippen MR) is 99.5 cm³/mol. The molecule has 0 saturated carbocycles. The average Bonchev–Trinajstić information content (AvgIpc) is 2.49. The topological polar surface area (TPSA) is 50.4 Å². The quantitative estimate of drug-likeness (QED) is 0.744. The minimum absolute atomic E-state index is 0.106. The highest BCUT2D eigenvalue weighted by Crippen LogP contribution is 2.40. The Hall–Kier alpha value is -2.01. The molecule has 0 bridgehead atoms. The van der Waals surface area contributed by atoms with Crippen molar-refractivity contribution in [2.75, 3.05) is 5.32 Å². The molecule has 5 heteroatoms. The summed E-state index contributed by atoms with van der Waals surface area (Å²) in [5.74, 6) is 0.815. The fourth-order valence-corrected chi connectivity index (χ4v) is 3.36. The molecule has 126 valence electrons. The van der Waals surface area contributed by atoms with E-state index in [0.717, 1.165) is 27.0 Å². The number of carbonyl (C=O) groups is 1. The summed E-state index contributed by atoms with van der Waals surface area (Å²) in [4.78, 5) is 12.5. The smallest absolute Gasteiger partial charge is 0.319 e. The number of amides is 2. The van der Waals surface area contributed by atoms with Crippen LogP contribution in [0, 0.1) is 6.92 Å². The number of urea groups is 1. The highest BCUT2D eigenvalue weighted by atomic mass is 79.9. The first-order valence-electron chi connectivity index (χ1n) is 7.96. The predicted octanol–water partition coefficient (Wildman–Crippen LogP) is 5.18. The van der Waals surface area contributed by atoms with Crippen molar-refractivity contribution in [2.24, 2.45) is 0 Å². The van der Waals surface area contributed by atoms with Gasteiger partial charge in [-0.2, -0.15) is 0 Å². The lowest BCUT2D eigenvalue weighted by Gasteiger charge is -2.38. The molecule has 0 radical (unpaired) electrons. The van der Waals surface area contributed by atoms with E-state index in [-0.39, 0.29) is 17.7 Å². The van der Waals surface area contributed by atoms with Gasteiger partial charge in [0.2, 0.25) is 0 Å². The van der Waals surface area contributed by atoms with E-state index in [1.807, 2.05) is 63.2 Å². The number of hydrogen-bond acceptors (Lipinski definition) is 2. The Morgan fingerprint density at radius 2 is 2.00 bits per heavy atom. The van der Waals surface area contributed by atoms with Crippen LogP contribution >= 0.6 is 15.9 Å². The third-order valence-electron chi connectivity index (χ3n) is 4.13. The standard InChI is InChI=1S/C19H21BrN2O2/c1-12-6-4-5-7-15(12)21-18(23)22-16-11-19(2,3)24-17-9-8-13(20)10-14(16)17/h4-10,16H,11H2,1-3H3,(H2,21,22,23)/t16-/m1/s1. The van der Waals surface area contributed by atoms with Gasteiger partial charge in [0.15, 0.2) is 0 Å². The number of carbonyl (C=O) groups excluding carboxylic acids is 1. The molecular weight excluding hydrogens is 368 g/mol. The van der Waals surface area contributed by atoms with Gasteiger partial charge in [0.25, 0.3) is 0 Å². The molecule has 0 unspecified atom stereocenters. The molecule has 0 saturated heterocycles. The third-order valence-corrected chi connectivity index (χ3v) is 4.62. The Morgan fingerprint density at radius 3 is 2.75 bits per heavy atom. The van der Waals surface area contributed by atoms with Crippen LogP contribution in [0.5, 0.6) is 5.75 Å². The monoisotopic (exact) mass is 388 g/mol. The average molecular weight is 389 g/mol. The van der Waals surface area contributed by atoms with Crippen LogP contribution in [0.1, 0.15) is 37.4 Å². The first kappa shape index (κ1) is 16.8. The third kappa shape index (κ3) is 3.73. The van der Waals surface area contributed by atoms with Gasteiger partial charge in [0.1, 0.15) is 11.4 Å². The zero-order valence-corrected chi connectivity index (χ0v) is 15.6. The van der Waals surface area contributed by atoms with Crippen LogP contribution in [-0.2, 0) is 0 Å². The second-order valence-corrected chi connectivity index (χ2v) is 7.63. The fraction of sp³-hybridized carbons (Fsp3) is 0.316. The number of anilines is 1. The van der Waals surface area contributed by atoms with Crippen LogP contribution in [0.25, 0.3) is 0 Å². The van der Waals surface area contributed by atoms with Crippen molar-refractivity contribution < 1.29 is 9.53 Å². The van der Waals surface area contributed by atoms with E-state index in [1.165, 1.54) is 0 Å². The molecular formula is C19H21BrN2O2. The van der Waals surface area contributed by atoms with Gasteiger partial charge in [-0.25, -0.2) is 4.79 Å². The van der Waals surface area contributed by atoms with Crippen molar-refractivity contribution in [3.05, 3.63) is 58.1 Å². The van der Waals surface area contributed by atoms with Gasteiger partial charge in [-0.15, -0.1) is 0 Å². The van der Waals surface area contributed by atoms with Crippen molar-refractivity contribution >= 4 is 27.6 Å². The Labute approximate surface area is 150 Å². The second-order valence-electron chi connectivity index (χ2n) is 6.71. The zero-order valence-electron chi connectivity index (χ0n) is 14.0. The van der Waals surface area contributed by atoms with Gasteiger partial charge in [-0.1, -0.05) is 34.1 Å². The number of para-hydroxylation sites is 1. The second kappa shape index (κ2) is 6.48. The van der Waals surface area contributed by atoms with E-state index >= 15 is 0 Å². The summed E-state index contributed by atoms with van der Waals surface area (Å²) in [6.07, 6.45) is 0.706. The van der Waals surface area contributed by atoms with E-state index in [0.29, 0.717) is 6.42 Å². The Kier molecular flexibility index (Phi) is 4.54. The van der Waals surface area contributed by atoms with Crippen LogP contribution in [0.2, 0.25) is 0 Å². The molecule has 0 aliphatic carbocycles. The summed E-state index contributed by atoms with van der Waals surface area (Å²) >= 11 is 3.49. The zero-order chi connectivity index (χ0) is 17.3. The summed E-state index contributed by atoms with van der Waals surface area (Å²) in [6.45, 7) is 6.04. The SMILES string of the molecule is Cc1ccccc1NC(=O)N[C@@H]1CC(C)(C)Oc2ccc(Br)cc21. The molecule has 2 aromatic carbocycles. The van der Waals surface area contributed by atoms with Crippen LogP contribution in [0.3, 0.4) is 0 Å². The Balaban J connectivity index is 1.80. The summed E-state index contributed by atoms with van der Waals surface area (Å²) in [7, 11) is 0. The van der Waals surface area contributed by atoms with E-state index in [9.17, 15) is 4.79 Å². The van der Waals surface area contributed by atoms with Gasteiger partial charge in [0.05, 0.1) is 6.04 Å². The number of hydrogen-bond donors (Lipinski definition) is 2. The van der Waals surface area contributed by atoms with Crippen molar-refractivity contribution in [1.82, 2.24) is 5.32 Å². The highest BCUT2D eigenvalue weighted by Gasteiger charge is 2.34. The first-order chi connectivity index (χ1) is 11.3. The number of aryl methyl sites for hydroxylation is 1. The molecule has 0 spiro atoms. The summed E-state index contributed by atoms with van der Waals surface area (Å²) in [5, 5.41) is 6.01. The number of fused-ring (bicyclic) bond motifs is 1. The molecule has 0 fully saturated rings. The van der Waals surface area contributed by atoms with Crippen LogP contribution < -0.4 is 15.4 Å². The molecule has 2 N–H and O–H groups in total. The summed E-state index contributed by atoms with van der Waals surface area (Å²) < 4.78 is 7.00. The van der Waals surface area contributed by atoms with Gasteiger partial charge >= 0.3 is 6.03 Å². The molecule has 2 amide bonds. The maximum atomic E-state index is 12.5. The normalized spacial score (nSPS) is 18.2. The molecule has 2 aromatic rings. The Morgan fingerprint density at radius 1 is 1.25 bits per heavy atom. The minimum Gasteiger partial charge on any atom is -0.487 e. The lowest BCUT2D eigenvalue weighted by atomic mass is 9.90. The lowest BCUT2D eigenvalue weighted by molar-refractivity contribution is 0.0682. The van der Waals surface area contributed by atoms with Crippen molar-refractivity contribution in [2.45, 2.75) is 38.8 Å². The number of ether oxygens (including phenoxy) is 1. The minimum atomic E-state index is -0.332. The molecule has 3 rings (SSSR count). The first-order valence-corrected chi connectivity index (χ1v) is 8.75. The van der Waals surface area contributed by atoms with Crippen LogP contribution in [0.4, 0.5) is 10.5 Å². The van der Waals surface area contributed by atoms with Crippen LogP contribution in [0.15, 0.2) is 46.9 Å². The van der Waals surface area contributed by atoms with Crippen molar-refractivity contribution in [3.63, 3.8) is 0 Å². The fourth-order valence-electron chi connectivity index (χ4n) is 2.98. The number of rotatable bonds is 2.